The van der Waals surface area contributed by atoms with Gasteiger partial charge in [0.25, 0.3) is 17.7 Å². The molecular formula is C18H16N4O4. The maximum Gasteiger partial charge on any atom is 0.316 e. The number of benzene rings is 2. The summed E-state index contributed by atoms with van der Waals surface area (Å²) in [5.41, 5.74) is 7.23. The molecule has 2 aromatic rings. The first-order chi connectivity index (χ1) is 12.4. The van der Waals surface area contributed by atoms with Gasteiger partial charge in [-0.15, -0.1) is 0 Å². The summed E-state index contributed by atoms with van der Waals surface area (Å²) < 4.78 is 0. The highest BCUT2D eigenvalue weighted by Crippen LogP contribution is 2.22. The maximum atomic E-state index is 12.3. The number of urea groups is 1. The molecule has 4 N–H and O–H groups in total. The van der Waals surface area contributed by atoms with Crippen molar-refractivity contribution in [2.24, 2.45) is 5.73 Å². The Labute approximate surface area is 149 Å². The lowest BCUT2D eigenvalue weighted by molar-refractivity contribution is 0.0693. The second-order valence-electron chi connectivity index (χ2n) is 5.80. The van der Waals surface area contributed by atoms with Crippen LogP contribution in [0.5, 0.6) is 0 Å². The molecule has 1 aliphatic rings. The fourth-order valence-electron chi connectivity index (χ4n) is 2.64. The predicted molar refractivity (Wildman–Crippen MR) is 93.7 cm³/mol. The van der Waals surface area contributed by atoms with Gasteiger partial charge in [-0.25, -0.2) is 4.79 Å². The van der Waals surface area contributed by atoms with Crippen LogP contribution >= 0.6 is 0 Å². The molecule has 26 heavy (non-hydrogen) atoms. The molecule has 0 aliphatic carbocycles. The van der Waals surface area contributed by atoms with E-state index in [2.05, 4.69) is 10.6 Å². The number of nitrogens with one attached hydrogen (secondary N) is 2. The lowest BCUT2D eigenvalue weighted by Gasteiger charge is -2.07. The lowest BCUT2D eigenvalue weighted by Crippen LogP contribution is -2.24. The minimum atomic E-state index is -0.652. The molecule has 1 aliphatic heterocycles. The number of carbonyl (C=O) groups excluding carboxylic acids is 4. The minimum Gasteiger partial charge on any atom is -0.351 e. The van der Waals surface area contributed by atoms with Crippen LogP contribution in [-0.4, -0.2) is 35.7 Å². The summed E-state index contributed by atoms with van der Waals surface area (Å²) in [6.07, 6.45) is 0. The number of hydrogen-bond acceptors (Lipinski definition) is 4. The second kappa shape index (κ2) is 6.67. The summed E-state index contributed by atoms with van der Waals surface area (Å²) in [6.45, 7) is 0.263. The second-order valence-corrected chi connectivity index (χ2v) is 5.80. The van der Waals surface area contributed by atoms with Gasteiger partial charge >= 0.3 is 6.03 Å². The Kier molecular flexibility index (Phi) is 4.40. The number of imide groups is 1. The molecule has 132 valence electrons. The monoisotopic (exact) mass is 352 g/mol. The summed E-state index contributed by atoms with van der Waals surface area (Å²) in [7, 11) is 1.40. The van der Waals surface area contributed by atoms with Crippen LogP contribution in [0.3, 0.4) is 0 Å². The average molecular weight is 352 g/mol. The van der Waals surface area contributed by atoms with E-state index in [1.165, 1.54) is 25.2 Å². The van der Waals surface area contributed by atoms with Gasteiger partial charge < -0.3 is 16.4 Å². The number of fused-ring (bicyclic) bond motifs is 1. The normalized spacial score (nSPS) is 12.7. The molecule has 0 bridgehead atoms. The van der Waals surface area contributed by atoms with Gasteiger partial charge in [0.2, 0.25) is 0 Å². The Bertz CT molecular complexity index is 921. The van der Waals surface area contributed by atoms with Crippen LogP contribution < -0.4 is 16.4 Å². The number of primary amides is 1. The molecule has 0 saturated carbocycles. The molecule has 1 heterocycles. The van der Waals surface area contributed by atoms with Gasteiger partial charge in [0.15, 0.2) is 0 Å². The van der Waals surface area contributed by atoms with Crippen LogP contribution in [0.1, 0.15) is 36.6 Å². The highest BCUT2D eigenvalue weighted by molar-refractivity contribution is 6.21. The zero-order valence-electron chi connectivity index (χ0n) is 13.9. The summed E-state index contributed by atoms with van der Waals surface area (Å²) in [6, 6.07) is 10.6. The van der Waals surface area contributed by atoms with Crippen molar-refractivity contribution in [1.29, 1.82) is 0 Å². The van der Waals surface area contributed by atoms with E-state index in [9.17, 15) is 19.2 Å². The van der Waals surface area contributed by atoms with E-state index in [1.54, 1.807) is 24.3 Å². The van der Waals surface area contributed by atoms with Crippen molar-refractivity contribution in [3.05, 3.63) is 64.7 Å². The number of hydrogen-bond donors (Lipinski definition) is 3. The van der Waals surface area contributed by atoms with E-state index in [-0.39, 0.29) is 23.9 Å². The van der Waals surface area contributed by atoms with E-state index in [0.29, 0.717) is 16.8 Å². The number of amides is 5. The third-order valence-electron chi connectivity index (χ3n) is 4.03. The Morgan fingerprint density at radius 1 is 1.00 bits per heavy atom. The Hall–Kier alpha value is -3.68. The zero-order chi connectivity index (χ0) is 18.8. The van der Waals surface area contributed by atoms with Gasteiger partial charge in [-0.1, -0.05) is 12.1 Å². The van der Waals surface area contributed by atoms with Crippen LogP contribution in [-0.2, 0) is 6.54 Å². The fourth-order valence-corrected chi connectivity index (χ4v) is 2.64. The Morgan fingerprint density at radius 3 is 2.31 bits per heavy atom. The average Bonchev–Trinajstić information content (AvgIpc) is 2.84. The summed E-state index contributed by atoms with van der Waals surface area (Å²) in [5.74, 6) is -1.15. The molecule has 8 nitrogen and oxygen atoms in total. The van der Waals surface area contributed by atoms with Gasteiger partial charge in [0.05, 0.1) is 11.1 Å². The molecule has 5 amide bonds. The Balaban J connectivity index is 1.67. The van der Waals surface area contributed by atoms with Crippen LogP contribution in [0.2, 0.25) is 0 Å². The molecule has 3 rings (SSSR count). The first kappa shape index (κ1) is 17.2. The number of nitrogens with zero attached hydrogens (tertiary/aromatic N) is 1. The summed E-state index contributed by atoms with van der Waals surface area (Å²) in [4.78, 5) is 48.0. The smallest absolute Gasteiger partial charge is 0.316 e. The lowest BCUT2D eigenvalue weighted by atomic mass is 10.1. The molecular weight excluding hydrogens is 336 g/mol. The van der Waals surface area contributed by atoms with Crippen LogP contribution in [0.25, 0.3) is 0 Å². The van der Waals surface area contributed by atoms with Gasteiger partial charge in [-0.2, -0.15) is 0 Å². The molecule has 2 aromatic carbocycles. The molecule has 0 unspecified atom stereocenters. The summed E-state index contributed by atoms with van der Waals surface area (Å²) in [5, 5.41) is 5.19. The molecule has 0 saturated heterocycles. The molecule has 0 spiro atoms. The van der Waals surface area contributed by atoms with E-state index >= 15 is 0 Å². The van der Waals surface area contributed by atoms with Crippen molar-refractivity contribution >= 4 is 29.4 Å². The third-order valence-corrected chi connectivity index (χ3v) is 4.03. The number of rotatable bonds is 4. The van der Waals surface area contributed by atoms with Crippen LogP contribution in [0, 0.1) is 0 Å². The van der Waals surface area contributed by atoms with E-state index < -0.39 is 11.9 Å². The molecule has 0 aromatic heterocycles. The topological polar surface area (TPSA) is 122 Å². The largest absolute Gasteiger partial charge is 0.351 e. The quantitative estimate of drug-likeness (QED) is 0.719. The van der Waals surface area contributed by atoms with Crippen molar-refractivity contribution in [1.82, 2.24) is 10.2 Å². The van der Waals surface area contributed by atoms with Crippen LogP contribution in [0.15, 0.2) is 42.5 Å². The van der Waals surface area contributed by atoms with E-state index in [0.717, 1.165) is 10.5 Å². The SMILES string of the molecule is CN1C(=O)c2ccc(C(=O)NCc3ccc(NC(N)=O)cc3)cc2C1=O. The standard InChI is InChI=1S/C18H16N4O4/c1-22-16(24)13-7-4-11(8-14(13)17(22)25)15(23)20-9-10-2-5-12(6-3-10)21-18(19)26/h2-8H,9H2,1H3,(H,20,23)(H3,19,21,26). The van der Waals surface area contributed by atoms with Crippen molar-refractivity contribution in [2.45, 2.75) is 6.54 Å². The highest BCUT2D eigenvalue weighted by atomic mass is 16.2. The number of carbonyl (C=O) groups is 4. The van der Waals surface area contributed by atoms with Crippen molar-refractivity contribution in [3.63, 3.8) is 0 Å². The zero-order valence-corrected chi connectivity index (χ0v) is 13.9. The van der Waals surface area contributed by atoms with Crippen molar-refractivity contribution in [2.75, 3.05) is 12.4 Å². The molecule has 0 radical (unpaired) electrons. The molecule has 8 heteroatoms. The minimum absolute atomic E-state index is 0.229. The van der Waals surface area contributed by atoms with E-state index in [4.69, 9.17) is 5.73 Å². The first-order valence-electron chi connectivity index (χ1n) is 7.77. The summed E-state index contributed by atoms with van der Waals surface area (Å²) >= 11 is 0. The molecule has 0 fully saturated rings. The van der Waals surface area contributed by atoms with Gasteiger partial charge in [-0.3, -0.25) is 19.3 Å². The first-order valence-corrected chi connectivity index (χ1v) is 7.77. The van der Waals surface area contributed by atoms with Crippen molar-refractivity contribution in [3.8, 4) is 0 Å². The predicted octanol–water partition coefficient (Wildman–Crippen LogP) is 1.33. The highest BCUT2D eigenvalue weighted by Gasteiger charge is 2.33. The molecule has 0 atom stereocenters. The van der Waals surface area contributed by atoms with Gasteiger partial charge in [-0.05, 0) is 35.9 Å². The van der Waals surface area contributed by atoms with E-state index in [1.807, 2.05) is 0 Å². The fraction of sp³-hybridized carbons (Fsp3) is 0.111. The number of anilines is 1. The van der Waals surface area contributed by atoms with Crippen LogP contribution in [0.4, 0.5) is 10.5 Å². The van der Waals surface area contributed by atoms with Gasteiger partial charge in [0.1, 0.15) is 0 Å². The third kappa shape index (κ3) is 3.25. The number of nitrogens with two attached hydrogens (primary N) is 1. The Morgan fingerprint density at radius 2 is 1.65 bits per heavy atom. The van der Waals surface area contributed by atoms with Crippen molar-refractivity contribution < 1.29 is 19.2 Å². The van der Waals surface area contributed by atoms with Gasteiger partial charge in [0, 0.05) is 24.8 Å². The maximum absolute atomic E-state index is 12.3.